The Morgan fingerprint density at radius 2 is 1.42 bits per heavy atom. The molecule has 308 valence electrons. The van der Waals surface area contributed by atoms with Crippen molar-refractivity contribution in [3.8, 4) is 0 Å². The van der Waals surface area contributed by atoms with Crippen molar-refractivity contribution in [1.29, 1.82) is 0 Å². The molecule has 6 rings (SSSR count). The van der Waals surface area contributed by atoms with Crippen molar-refractivity contribution >= 4 is 0 Å². The first kappa shape index (κ1) is 42.1. The van der Waals surface area contributed by atoms with Crippen molar-refractivity contribution < 1.29 is 59.8 Å². The molecule has 8 N–H and O–H groups in total. The number of ether oxygens (including phenoxy) is 4. The molecule has 12 nitrogen and oxygen atoms in total. The molecular weight excluding hydrogens is 684 g/mol. The Balaban J connectivity index is 1.15. The molecule has 12 heteroatoms. The second kappa shape index (κ2) is 15.0. The van der Waals surface area contributed by atoms with Crippen LogP contribution >= 0.6 is 0 Å². The number of rotatable bonds is 10. The molecule has 0 spiro atoms. The molecular formula is C41H72O12. The van der Waals surface area contributed by atoms with Crippen molar-refractivity contribution in [1.82, 2.24) is 0 Å². The average Bonchev–Trinajstić information content (AvgIpc) is 3.47. The van der Waals surface area contributed by atoms with Gasteiger partial charge in [0.1, 0.15) is 42.7 Å². The summed E-state index contributed by atoms with van der Waals surface area (Å²) >= 11 is 0. The van der Waals surface area contributed by atoms with E-state index in [0.717, 1.165) is 57.8 Å². The molecule has 2 saturated heterocycles. The molecule has 4 saturated carbocycles. The van der Waals surface area contributed by atoms with Crippen molar-refractivity contribution in [2.24, 2.45) is 51.2 Å². The van der Waals surface area contributed by atoms with Gasteiger partial charge in [0.25, 0.3) is 0 Å². The Kier molecular flexibility index (Phi) is 12.0. The van der Waals surface area contributed by atoms with Gasteiger partial charge in [-0.3, -0.25) is 0 Å². The van der Waals surface area contributed by atoms with Crippen LogP contribution in [0.5, 0.6) is 0 Å². The van der Waals surface area contributed by atoms with Crippen LogP contribution in [0.25, 0.3) is 0 Å². The molecule has 0 aromatic heterocycles. The topological polar surface area (TPSA) is 199 Å². The van der Waals surface area contributed by atoms with Crippen LogP contribution in [0.15, 0.2) is 0 Å². The molecule has 19 atom stereocenters. The van der Waals surface area contributed by atoms with Crippen LogP contribution in [0.2, 0.25) is 0 Å². The third-order valence-electron chi connectivity index (χ3n) is 16.4. The second-order valence-electron chi connectivity index (χ2n) is 20.2. The van der Waals surface area contributed by atoms with E-state index in [1.54, 1.807) is 0 Å². The highest BCUT2D eigenvalue weighted by molar-refractivity contribution is 5.20. The molecule has 2 heterocycles. The summed E-state index contributed by atoms with van der Waals surface area (Å²) in [6, 6.07) is 0. The highest BCUT2D eigenvalue weighted by Gasteiger charge is 2.71. The fourth-order valence-electron chi connectivity index (χ4n) is 13.2. The SMILES string of the molecule is CC(C)CCC[C@](C)(O)[C@H]1CC[C@]2(C)[C@@H]1[C@H](O)C[C@@H]1[C@@]3(C)CC[C@H](O[C@@H]4O[C@H](CO[C@@H]5OC[C@@H](O)[C@H](O)[C@H]5O)[C@@H](O)[C@H](O)[C@H]4O)C(C)(C)[C@@H]3CC[C@]12C. The predicted molar refractivity (Wildman–Crippen MR) is 195 cm³/mol. The van der Waals surface area contributed by atoms with Crippen LogP contribution in [0.4, 0.5) is 0 Å². The molecule has 0 bridgehead atoms. The van der Waals surface area contributed by atoms with E-state index >= 15 is 0 Å². The van der Waals surface area contributed by atoms with Gasteiger partial charge in [-0.25, -0.2) is 0 Å². The fraction of sp³-hybridized carbons (Fsp3) is 1.00. The minimum atomic E-state index is -1.58. The Morgan fingerprint density at radius 1 is 0.755 bits per heavy atom. The van der Waals surface area contributed by atoms with E-state index in [0.29, 0.717) is 12.3 Å². The zero-order chi connectivity index (χ0) is 39.1. The summed E-state index contributed by atoms with van der Waals surface area (Å²) in [6.07, 6.45) is -4.29. The van der Waals surface area contributed by atoms with E-state index in [1.165, 1.54) is 0 Å². The van der Waals surface area contributed by atoms with E-state index in [4.69, 9.17) is 18.9 Å². The van der Waals surface area contributed by atoms with E-state index in [1.807, 2.05) is 6.92 Å². The van der Waals surface area contributed by atoms with E-state index in [2.05, 4.69) is 48.5 Å². The number of fused-ring (bicyclic) bond motifs is 5. The van der Waals surface area contributed by atoms with Gasteiger partial charge in [-0.15, -0.1) is 0 Å². The van der Waals surface area contributed by atoms with Crippen LogP contribution in [0.1, 0.15) is 120 Å². The number of aliphatic hydroxyl groups excluding tert-OH is 7. The summed E-state index contributed by atoms with van der Waals surface area (Å²) in [5.41, 5.74) is -1.35. The normalized spacial score (nSPS) is 52.4. The van der Waals surface area contributed by atoms with Gasteiger partial charge in [0.2, 0.25) is 0 Å². The lowest BCUT2D eigenvalue weighted by Gasteiger charge is -2.70. The van der Waals surface area contributed by atoms with Gasteiger partial charge < -0.3 is 59.8 Å². The lowest BCUT2D eigenvalue weighted by Crippen LogP contribution is -2.67. The minimum Gasteiger partial charge on any atom is -0.393 e. The molecule has 6 aliphatic rings. The van der Waals surface area contributed by atoms with Gasteiger partial charge in [-0.2, -0.15) is 0 Å². The first-order valence-corrected chi connectivity index (χ1v) is 20.6. The highest BCUT2D eigenvalue weighted by Crippen LogP contribution is 2.76. The maximum Gasteiger partial charge on any atom is 0.186 e. The summed E-state index contributed by atoms with van der Waals surface area (Å²) in [4.78, 5) is 0. The fourth-order valence-corrected chi connectivity index (χ4v) is 13.2. The largest absolute Gasteiger partial charge is 0.393 e. The Labute approximate surface area is 316 Å². The van der Waals surface area contributed by atoms with Crippen LogP contribution in [0.3, 0.4) is 0 Å². The number of hydrogen-bond donors (Lipinski definition) is 8. The van der Waals surface area contributed by atoms with Crippen molar-refractivity contribution in [2.45, 2.75) is 193 Å². The van der Waals surface area contributed by atoms with Crippen LogP contribution < -0.4 is 0 Å². The van der Waals surface area contributed by atoms with Gasteiger partial charge in [0.05, 0.1) is 31.0 Å². The Morgan fingerprint density at radius 3 is 2.09 bits per heavy atom. The first-order valence-electron chi connectivity index (χ1n) is 20.6. The molecule has 53 heavy (non-hydrogen) atoms. The van der Waals surface area contributed by atoms with Gasteiger partial charge in [-0.1, -0.05) is 61.3 Å². The van der Waals surface area contributed by atoms with Crippen LogP contribution in [-0.4, -0.2) is 127 Å². The third kappa shape index (κ3) is 7.09. The Hall–Kier alpha value is -0.480. The maximum atomic E-state index is 12.1. The molecule has 0 unspecified atom stereocenters. The second-order valence-corrected chi connectivity index (χ2v) is 20.2. The molecule has 4 aliphatic carbocycles. The van der Waals surface area contributed by atoms with Gasteiger partial charge in [-0.05, 0) is 110 Å². The molecule has 0 radical (unpaired) electrons. The van der Waals surface area contributed by atoms with E-state index < -0.39 is 67.0 Å². The van der Waals surface area contributed by atoms with Crippen molar-refractivity contribution in [3.63, 3.8) is 0 Å². The van der Waals surface area contributed by atoms with Gasteiger partial charge in [0, 0.05) is 0 Å². The van der Waals surface area contributed by atoms with Crippen LogP contribution in [-0.2, 0) is 18.9 Å². The molecule has 0 aromatic rings. The van der Waals surface area contributed by atoms with E-state index in [9.17, 15) is 40.9 Å². The number of hydrogen-bond acceptors (Lipinski definition) is 12. The summed E-state index contributed by atoms with van der Waals surface area (Å²) in [5, 5.41) is 86.8. The minimum absolute atomic E-state index is 0.00537. The first-order chi connectivity index (χ1) is 24.6. The van der Waals surface area contributed by atoms with Crippen LogP contribution in [0, 0.1) is 51.2 Å². The lowest BCUT2D eigenvalue weighted by atomic mass is 9.35. The molecule has 0 amide bonds. The zero-order valence-corrected chi connectivity index (χ0v) is 33.4. The monoisotopic (exact) mass is 757 g/mol. The molecule has 0 aromatic carbocycles. The van der Waals surface area contributed by atoms with Gasteiger partial charge >= 0.3 is 0 Å². The number of aliphatic hydroxyl groups is 8. The highest BCUT2D eigenvalue weighted by atomic mass is 16.7. The van der Waals surface area contributed by atoms with Crippen molar-refractivity contribution in [3.05, 3.63) is 0 Å². The quantitative estimate of drug-likeness (QED) is 0.152. The summed E-state index contributed by atoms with van der Waals surface area (Å²) < 4.78 is 23.6. The smallest absolute Gasteiger partial charge is 0.186 e. The molecule has 2 aliphatic heterocycles. The standard InChI is InChI=1S/C41H72O12/c1-21(2)10-9-14-41(8,49)22-11-16-40(7)29(22)23(42)18-27-38(5)15-13-28(37(3,4)26(38)12-17-39(27,40)6)53-36-34(48)32(46)31(45)25(52-36)20-51-35-33(47)30(44)24(43)19-50-35/h21-36,42-49H,9-20H2,1-8H3/t22-,23+,24+,25+,26-,27+,28-,29-,30-,31+,32-,33+,34+,35-,36-,38-,39+,40+,41-/m0/s1. The average molecular weight is 757 g/mol. The van der Waals surface area contributed by atoms with Gasteiger partial charge in [0.15, 0.2) is 12.6 Å². The maximum absolute atomic E-state index is 12.1. The summed E-state index contributed by atoms with van der Waals surface area (Å²) in [5.74, 6) is 1.25. The van der Waals surface area contributed by atoms with E-state index in [-0.39, 0.29) is 64.6 Å². The zero-order valence-electron chi connectivity index (χ0n) is 33.4. The molecule has 6 fully saturated rings. The third-order valence-corrected chi connectivity index (χ3v) is 16.4. The Bertz CT molecular complexity index is 1260. The predicted octanol–water partition coefficient (Wildman–Crippen LogP) is 2.87. The van der Waals surface area contributed by atoms with Crippen molar-refractivity contribution in [2.75, 3.05) is 13.2 Å². The summed E-state index contributed by atoms with van der Waals surface area (Å²) in [6.45, 7) is 17.6. The summed E-state index contributed by atoms with van der Waals surface area (Å²) in [7, 11) is 0. The lowest BCUT2D eigenvalue weighted by molar-refractivity contribution is -0.341.